The van der Waals surface area contributed by atoms with Crippen LogP contribution in [0.25, 0.3) is 0 Å². The summed E-state index contributed by atoms with van der Waals surface area (Å²) in [5.41, 5.74) is 2.78. The molecule has 0 aliphatic carbocycles. The number of amides is 1. The molecule has 3 nitrogen and oxygen atoms in total. The van der Waals surface area contributed by atoms with Gasteiger partial charge in [0.1, 0.15) is 0 Å². The van der Waals surface area contributed by atoms with Crippen molar-refractivity contribution in [1.29, 1.82) is 0 Å². The highest BCUT2D eigenvalue weighted by atomic mass is 35.5. The van der Waals surface area contributed by atoms with Gasteiger partial charge in [-0.25, -0.2) is 0 Å². The maximum absolute atomic E-state index is 12.5. The van der Waals surface area contributed by atoms with Crippen molar-refractivity contribution in [1.82, 2.24) is 0 Å². The molecule has 110 valence electrons. The van der Waals surface area contributed by atoms with E-state index < -0.39 is 0 Å². The maximum atomic E-state index is 12.5. The average Bonchev–Trinajstić information content (AvgIpc) is 2.46. The number of hydrogen-bond donors (Lipinski definition) is 2. The number of halogens is 2. The van der Waals surface area contributed by atoms with Crippen LogP contribution in [-0.2, 0) is 0 Å². The predicted octanol–water partition coefficient (Wildman–Crippen LogP) is 4.99. The number of nitrogens with one attached hydrogen (secondary N) is 2. The van der Waals surface area contributed by atoms with Gasteiger partial charge in [-0.3, -0.25) is 4.79 Å². The summed E-state index contributed by atoms with van der Waals surface area (Å²) < 4.78 is 0. The van der Waals surface area contributed by atoms with Crippen LogP contribution in [0.5, 0.6) is 0 Å². The van der Waals surface area contributed by atoms with Crippen molar-refractivity contribution >= 4 is 40.5 Å². The first-order valence-corrected chi connectivity index (χ1v) is 7.38. The fourth-order valence-electron chi connectivity index (χ4n) is 1.98. The molecule has 2 rings (SSSR count). The largest absolute Gasteiger partial charge is 0.385 e. The molecule has 0 heterocycles. The lowest BCUT2D eigenvalue weighted by molar-refractivity contribution is 0.102. The van der Waals surface area contributed by atoms with Crippen molar-refractivity contribution in [3.63, 3.8) is 0 Å². The molecule has 0 aromatic heterocycles. The Balaban J connectivity index is 2.32. The van der Waals surface area contributed by atoms with E-state index in [0.717, 1.165) is 17.8 Å². The Morgan fingerprint density at radius 2 is 1.90 bits per heavy atom. The zero-order valence-electron chi connectivity index (χ0n) is 11.8. The van der Waals surface area contributed by atoms with Gasteiger partial charge in [0.05, 0.1) is 5.56 Å². The fourth-order valence-corrected chi connectivity index (χ4v) is 2.33. The third kappa shape index (κ3) is 3.69. The van der Waals surface area contributed by atoms with Crippen LogP contribution in [0.3, 0.4) is 0 Å². The molecule has 0 unspecified atom stereocenters. The third-order valence-electron chi connectivity index (χ3n) is 3.11. The van der Waals surface area contributed by atoms with Crippen LogP contribution in [0.2, 0.25) is 10.0 Å². The quantitative estimate of drug-likeness (QED) is 0.832. The highest BCUT2D eigenvalue weighted by molar-refractivity contribution is 6.32. The molecule has 0 saturated heterocycles. The van der Waals surface area contributed by atoms with Crippen LogP contribution < -0.4 is 10.6 Å². The Morgan fingerprint density at radius 3 is 2.62 bits per heavy atom. The monoisotopic (exact) mass is 322 g/mol. The second-order valence-electron chi connectivity index (χ2n) is 4.59. The minimum Gasteiger partial charge on any atom is -0.385 e. The maximum Gasteiger partial charge on any atom is 0.257 e. The molecule has 0 bridgehead atoms. The van der Waals surface area contributed by atoms with Gasteiger partial charge in [0.25, 0.3) is 5.91 Å². The summed E-state index contributed by atoms with van der Waals surface area (Å²) >= 11 is 12.1. The van der Waals surface area contributed by atoms with Gasteiger partial charge >= 0.3 is 0 Å². The number of rotatable bonds is 4. The molecule has 5 heteroatoms. The zero-order chi connectivity index (χ0) is 15.4. The van der Waals surface area contributed by atoms with E-state index >= 15 is 0 Å². The van der Waals surface area contributed by atoms with Gasteiger partial charge in [-0.05, 0) is 49.7 Å². The average molecular weight is 323 g/mol. The molecule has 0 saturated carbocycles. The number of hydrogen-bond acceptors (Lipinski definition) is 2. The predicted molar refractivity (Wildman–Crippen MR) is 89.8 cm³/mol. The summed E-state index contributed by atoms with van der Waals surface area (Å²) in [7, 11) is 0. The number of benzene rings is 2. The number of carbonyl (C=O) groups is 1. The third-order valence-corrected chi connectivity index (χ3v) is 3.75. The lowest BCUT2D eigenvalue weighted by Gasteiger charge is -2.13. The first-order chi connectivity index (χ1) is 10.0. The van der Waals surface area contributed by atoms with E-state index in [4.69, 9.17) is 23.2 Å². The molecule has 0 atom stereocenters. The summed E-state index contributed by atoms with van der Waals surface area (Å²) in [4.78, 5) is 12.5. The van der Waals surface area contributed by atoms with E-state index in [1.807, 2.05) is 19.9 Å². The fraction of sp³-hybridized carbons (Fsp3) is 0.188. The Hall–Kier alpha value is -1.71. The highest BCUT2D eigenvalue weighted by Crippen LogP contribution is 2.26. The summed E-state index contributed by atoms with van der Waals surface area (Å²) in [6, 6.07) is 10.6. The van der Waals surface area contributed by atoms with Crippen LogP contribution in [0, 0.1) is 6.92 Å². The zero-order valence-corrected chi connectivity index (χ0v) is 13.3. The van der Waals surface area contributed by atoms with Crippen LogP contribution >= 0.6 is 23.2 Å². The van der Waals surface area contributed by atoms with E-state index in [0.29, 0.717) is 21.3 Å². The van der Waals surface area contributed by atoms with Crippen LogP contribution in [-0.4, -0.2) is 12.5 Å². The van der Waals surface area contributed by atoms with Crippen molar-refractivity contribution in [3.05, 3.63) is 57.6 Å². The van der Waals surface area contributed by atoms with Crippen molar-refractivity contribution in [3.8, 4) is 0 Å². The smallest absolute Gasteiger partial charge is 0.257 e. The molecule has 1 amide bonds. The van der Waals surface area contributed by atoms with Crippen molar-refractivity contribution in [2.24, 2.45) is 0 Å². The molecule has 2 aromatic rings. The highest BCUT2D eigenvalue weighted by Gasteiger charge is 2.13. The second kappa shape index (κ2) is 6.83. The Kier molecular flexibility index (Phi) is 5.10. The molecule has 21 heavy (non-hydrogen) atoms. The second-order valence-corrected chi connectivity index (χ2v) is 5.43. The van der Waals surface area contributed by atoms with Gasteiger partial charge < -0.3 is 10.6 Å². The van der Waals surface area contributed by atoms with Gasteiger partial charge in [-0.1, -0.05) is 29.3 Å². The summed E-state index contributed by atoms with van der Waals surface area (Å²) in [6.45, 7) is 4.55. The Labute approximate surface area is 134 Å². The van der Waals surface area contributed by atoms with E-state index in [-0.39, 0.29) is 5.91 Å². The molecule has 0 spiro atoms. The summed E-state index contributed by atoms with van der Waals surface area (Å²) in [5.74, 6) is -0.223. The van der Waals surface area contributed by atoms with Crippen molar-refractivity contribution in [2.75, 3.05) is 17.2 Å². The van der Waals surface area contributed by atoms with E-state index in [1.165, 1.54) is 0 Å². The first kappa shape index (κ1) is 15.7. The standard InChI is InChI=1S/C16H16Cl2N2O/c1-3-19-15-8-7-11(17)9-12(15)16(21)20-14-6-4-5-13(18)10(14)2/h4-9,19H,3H2,1-2H3,(H,20,21). The number of anilines is 2. The Bertz CT molecular complexity index is 671. The molecule has 0 aliphatic heterocycles. The Morgan fingerprint density at radius 1 is 1.14 bits per heavy atom. The lowest BCUT2D eigenvalue weighted by atomic mass is 10.1. The van der Waals surface area contributed by atoms with Gasteiger partial charge in [0.15, 0.2) is 0 Å². The lowest BCUT2D eigenvalue weighted by Crippen LogP contribution is -2.15. The molecular formula is C16H16Cl2N2O. The van der Waals surface area contributed by atoms with Gasteiger partial charge in [0, 0.05) is 28.0 Å². The summed E-state index contributed by atoms with van der Waals surface area (Å²) in [6.07, 6.45) is 0. The SMILES string of the molecule is CCNc1ccc(Cl)cc1C(=O)Nc1cccc(Cl)c1C. The molecule has 0 fully saturated rings. The van der Waals surface area contributed by atoms with Crippen LogP contribution in [0.15, 0.2) is 36.4 Å². The molecule has 0 radical (unpaired) electrons. The first-order valence-electron chi connectivity index (χ1n) is 6.62. The van der Waals surface area contributed by atoms with Crippen LogP contribution in [0.4, 0.5) is 11.4 Å². The molecule has 2 aromatic carbocycles. The summed E-state index contributed by atoms with van der Waals surface area (Å²) in [5, 5.41) is 7.16. The minimum absolute atomic E-state index is 0.223. The van der Waals surface area contributed by atoms with Gasteiger partial charge in [-0.15, -0.1) is 0 Å². The number of carbonyl (C=O) groups excluding carboxylic acids is 1. The topological polar surface area (TPSA) is 41.1 Å². The minimum atomic E-state index is -0.223. The van der Waals surface area contributed by atoms with Gasteiger partial charge in [-0.2, -0.15) is 0 Å². The van der Waals surface area contributed by atoms with Crippen molar-refractivity contribution < 1.29 is 4.79 Å². The molecular weight excluding hydrogens is 307 g/mol. The van der Waals surface area contributed by atoms with Gasteiger partial charge in [0.2, 0.25) is 0 Å². The van der Waals surface area contributed by atoms with E-state index in [9.17, 15) is 4.79 Å². The normalized spacial score (nSPS) is 10.3. The molecule has 2 N–H and O–H groups in total. The van der Waals surface area contributed by atoms with E-state index in [2.05, 4.69) is 10.6 Å². The molecule has 0 aliphatic rings. The van der Waals surface area contributed by atoms with Crippen molar-refractivity contribution in [2.45, 2.75) is 13.8 Å². The van der Waals surface area contributed by atoms with E-state index in [1.54, 1.807) is 30.3 Å². The van der Waals surface area contributed by atoms with Crippen LogP contribution in [0.1, 0.15) is 22.8 Å².